The molecule has 0 spiro atoms. The van der Waals surface area contributed by atoms with Crippen LogP contribution in [0.3, 0.4) is 0 Å². The number of azo groups is 1. The maximum atomic E-state index is 5.82. The molecule has 1 aromatic carbocycles. The van der Waals surface area contributed by atoms with Crippen LogP contribution in [0.5, 0.6) is 0 Å². The van der Waals surface area contributed by atoms with Crippen molar-refractivity contribution in [3.8, 4) is 0 Å². The lowest BCUT2D eigenvalue weighted by Gasteiger charge is -2.06. The minimum atomic E-state index is 0.287. The van der Waals surface area contributed by atoms with E-state index < -0.39 is 0 Å². The van der Waals surface area contributed by atoms with Gasteiger partial charge in [-0.05, 0) is 42.3 Å². The number of halogens is 1. The predicted molar refractivity (Wildman–Crippen MR) is 78.1 cm³/mol. The first-order valence-electron chi connectivity index (χ1n) is 5.82. The van der Waals surface area contributed by atoms with Crippen LogP contribution in [0.25, 0.3) is 0 Å². The van der Waals surface area contributed by atoms with Gasteiger partial charge in [0.15, 0.2) is 5.82 Å². The first-order valence-corrected chi connectivity index (χ1v) is 6.20. The van der Waals surface area contributed by atoms with Crippen LogP contribution in [0.15, 0.2) is 40.6 Å². The molecule has 98 valence electrons. The highest BCUT2D eigenvalue weighted by atomic mass is 35.5. The number of anilines is 2. The number of aromatic nitrogens is 1. The molecule has 0 aliphatic heterocycles. The Balaban J connectivity index is 2.35. The lowest BCUT2D eigenvalue weighted by atomic mass is 10.1. The highest BCUT2D eigenvalue weighted by Gasteiger charge is 2.07. The van der Waals surface area contributed by atoms with E-state index in [1.165, 1.54) is 0 Å². The van der Waals surface area contributed by atoms with Crippen molar-refractivity contribution in [2.45, 2.75) is 13.3 Å². The number of nitrogen functional groups attached to an aromatic ring is 2. The number of pyridine rings is 1. The zero-order valence-electron chi connectivity index (χ0n) is 10.5. The number of hydrogen-bond donors (Lipinski definition) is 2. The minimum Gasteiger partial charge on any atom is -0.384 e. The molecule has 2 rings (SSSR count). The van der Waals surface area contributed by atoms with Crippen molar-refractivity contribution >= 4 is 34.6 Å². The van der Waals surface area contributed by atoms with Crippen LogP contribution >= 0.6 is 11.6 Å². The number of nitrogens with zero attached hydrogens (tertiary/aromatic N) is 3. The molecule has 0 radical (unpaired) electrons. The Morgan fingerprint density at radius 1 is 1.16 bits per heavy atom. The van der Waals surface area contributed by atoms with Crippen molar-refractivity contribution in [2.24, 2.45) is 10.2 Å². The standard InChI is InChI=1S/C13H14ClN5/c1-2-8-7-11(15)17-13(16)12(8)19-18-10-5-3-9(14)4-6-10/h3-7H,2H2,1H3,(H4,15,16,17)/b19-18+. The maximum absolute atomic E-state index is 5.82. The molecule has 0 aliphatic rings. The molecular formula is C13H14ClN5. The molecular weight excluding hydrogens is 262 g/mol. The van der Waals surface area contributed by atoms with Crippen LogP contribution in [0.1, 0.15) is 12.5 Å². The Morgan fingerprint density at radius 2 is 1.84 bits per heavy atom. The molecule has 1 aromatic heterocycles. The van der Waals surface area contributed by atoms with Gasteiger partial charge in [0.25, 0.3) is 0 Å². The highest BCUT2D eigenvalue weighted by molar-refractivity contribution is 6.30. The third-order valence-corrected chi connectivity index (χ3v) is 2.84. The lowest BCUT2D eigenvalue weighted by Crippen LogP contribution is -1.99. The Bertz CT molecular complexity index is 607. The summed E-state index contributed by atoms with van der Waals surface area (Å²) in [5, 5.41) is 8.93. The Hall–Kier alpha value is -2.14. The molecule has 19 heavy (non-hydrogen) atoms. The second kappa shape index (κ2) is 5.67. The molecule has 0 aliphatic carbocycles. The fourth-order valence-electron chi connectivity index (χ4n) is 1.64. The molecule has 0 bridgehead atoms. The summed E-state index contributed by atoms with van der Waals surface area (Å²) in [6, 6.07) is 8.81. The second-order valence-electron chi connectivity index (χ2n) is 3.97. The van der Waals surface area contributed by atoms with Crippen LogP contribution in [0.2, 0.25) is 5.02 Å². The smallest absolute Gasteiger partial charge is 0.153 e. The summed E-state index contributed by atoms with van der Waals surface area (Å²) in [6.45, 7) is 2.00. The molecule has 0 unspecified atom stereocenters. The first kappa shape index (κ1) is 13.3. The summed E-state index contributed by atoms with van der Waals surface area (Å²) in [4.78, 5) is 3.99. The van der Waals surface area contributed by atoms with E-state index in [2.05, 4.69) is 15.2 Å². The Labute approximate surface area is 116 Å². The van der Waals surface area contributed by atoms with Gasteiger partial charge in [-0.15, -0.1) is 5.11 Å². The Morgan fingerprint density at radius 3 is 2.47 bits per heavy atom. The van der Waals surface area contributed by atoms with E-state index >= 15 is 0 Å². The number of rotatable bonds is 3. The van der Waals surface area contributed by atoms with E-state index in [-0.39, 0.29) is 5.82 Å². The van der Waals surface area contributed by atoms with Crippen LogP contribution in [-0.4, -0.2) is 4.98 Å². The first-order chi connectivity index (χ1) is 9.10. The number of hydrogen-bond acceptors (Lipinski definition) is 5. The van der Waals surface area contributed by atoms with Crippen molar-refractivity contribution in [3.05, 3.63) is 40.9 Å². The van der Waals surface area contributed by atoms with Crippen LogP contribution in [0, 0.1) is 0 Å². The van der Waals surface area contributed by atoms with E-state index in [1.807, 2.05) is 6.92 Å². The average Bonchev–Trinajstić information content (AvgIpc) is 2.39. The van der Waals surface area contributed by atoms with E-state index in [1.54, 1.807) is 30.3 Å². The van der Waals surface area contributed by atoms with E-state index in [0.29, 0.717) is 22.2 Å². The molecule has 0 fully saturated rings. The monoisotopic (exact) mass is 275 g/mol. The van der Waals surface area contributed by atoms with Crippen molar-refractivity contribution in [3.63, 3.8) is 0 Å². The third kappa shape index (κ3) is 3.20. The van der Waals surface area contributed by atoms with Gasteiger partial charge in [-0.1, -0.05) is 18.5 Å². The molecule has 0 saturated carbocycles. The molecule has 2 aromatic rings. The van der Waals surface area contributed by atoms with Gasteiger partial charge in [0.2, 0.25) is 0 Å². The van der Waals surface area contributed by atoms with Crippen molar-refractivity contribution in [2.75, 3.05) is 11.5 Å². The van der Waals surface area contributed by atoms with Crippen LogP contribution < -0.4 is 11.5 Å². The fourth-order valence-corrected chi connectivity index (χ4v) is 1.76. The minimum absolute atomic E-state index is 0.287. The van der Waals surface area contributed by atoms with Gasteiger partial charge in [-0.25, -0.2) is 4.98 Å². The molecule has 4 N–H and O–H groups in total. The molecule has 1 heterocycles. The second-order valence-corrected chi connectivity index (χ2v) is 4.41. The van der Waals surface area contributed by atoms with Gasteiger partial charge in [0.1, 0.15) is 11.5 Å². The summed E-state index contributed by atoms with van der Waals surface area (Å²) in [5.41, 5.74) is 13.6. The molecule has 0 saturated heterocycles. The summed E-state index contributed by atoms with van der Waals surface area (Å²) in [7, 11) is 0. The summed E-state index contributed by atoms with van der Waals surface area (Å²) < 4.78 is 0. The fraction of sp³-hybridized carbons (Fsp3) is 0.154. The SMILES string of the molecule is CCc1cc(N)nc(N)c1/N=N/c1ccc(Cl)cc1. The van der Waals surface area contributed by atoms with E-state index in [0.717, 1.165) is 12.0 Å². The van der Waals surface area contributed by atoms with Gasteiger partial charge in [-0.2, -0.15) is 5.11 Å². The van der Waals surface area contributed by atoms with Crippen molar-refractivity contribution in [1.82, 2.24) is 4.98 Å². The molecule has 0 atom stereocenters. The lowest BCUT2D eigenvalue weighted by molar-refractivity contribution is 1.09. The quantitative estimate of drug-likeness (QED) is 0.833. The van der Waals surface area contributed by atoms with Gasteiger partial charge >= 0.3 is 0 Å². The van der Waals surface area contributed by atoms with E-state index in [4.69, 9.17) is 23.1 Å². The Kier molecular flexibility index (Phi) is 3.97. The number of benzene rings is 1. The third-order valence-electron chi connectivity index (χ3n) is 2.59. The van der Waals surface area contributed by atoms with Crippen molar-refractivity contribution < 1.29 is 0 Å². The maximum Gasteiger partial charge on any atom is 0.153 e. The summed E-state index contributed by atoms with van der Waals surface area (Å²) >= 11 is 5.80. The number of aryl methyl sites for hydroxylation is 1. The molecule has 0 amide bonds. The van der Waals surface area contributed by atoms with Gasteiger partial charge in [0, 0.05) is 5.02 Å². The largest absolute Gasteiger partial charge is 0.384 e. The summed E-state index contributed by atoms with van der Waals surface area (Å²) in [6.07, 6.45) is 0.756. The van der Waals surface area contributed by atoms with Gasteiger partial charge < -0.3 is 11.5 Å². The zero-order chi connectivity index (χ0) is 13.8. The van der Waals surface area contributed by atoms with Gasteiger partial charge in [-0.3, -0.25) is 0 Å². The zero-order valence-corrected chi connectivity index (χ0v) is 11.2. The molecule has 6 heteroatoms. The number of nitrogens with two attached hydrogens (primary N) is 2. The summed E-state index contributed by atoms with van der Waals surface area (Å²) in [5.74, 6) is 0.675. The van der Waals surface area contributed by atoms with Crippen LogP contribution in [0.4, 0.5) is 23.0 Å². The van der Waals surface area contributed by atoms with Crippen molar-refractivity contribution in [1.29, 1.82) is 0 Å². The van der Waals surface area contributed by atoms with E-state index in [9.17, 15) is 0 Å². The average molecular weight is 276 g/mol. The van der Waals surface area contributed by atoms with Crippen LogP contribution in [-0.2, 0) is 6.42 Å². The molecule has 5 nitrogen and oxygen atoms in total. The predicted octanol–water partition coefficient (Wildman–Crippen LogP) is 3.88. The topological polar surface area (TPSA) is 89.6 Å². The normalized spacial score (nSPS) is 11.1. The highest BCUT2D eigenvalue weighted by Crippen LogP contribution is 2.29. The van der Waals surface area contributed by atoms with Gasteiger partial charge in [0.05, 0.1) is 5.69 Å².